The van der Waals surface area contributed by atoms with Crippen LogP contribution < -0.4 is 4.74 Å². The van der Waals surface area contributed by atoms with Gasteiger partial charge < -0.3 is 18.8 Å². The number of benzene rings is 3. The van der Waals surface area contributed by atoms with Crippen molar-refractivity contribution in [2.24, 2.45) is 0 Å². The summed E-state index contributed by atoms with van der Waals surface area (Å²) in [5, 5.41) is 0.652. The zero-order chi connectivity index (χ0) is 23.4. The van der Waals surface area contributed by atoms with Gasteiger partial charge in [-0.05, 0) is 35.4 Å². The molecule has 0 radical (unpaired) electrons. The number of rotatable bonds is 8. The minimum absolute atomic E-state index is 0.255. The molecule has 0 bridgehead atoms. The lowest BCUT2D eigenvalue weighted by molar-refractivity contribution is -0.189. The van der Waals surface area contributed by atoms with Gasteiger partial charge in [0.1, 0.15) is 18.5 Å². The fourth-order valence-electron chi connectivity index (χ4n) is 4.08. The van der Waals surface area contributed by atoms with E-state index < -0.39 is 5.79 Å². The molecule has 0 spiro atoms. The van der Waals surface area contributed by atoms with Gasteiger partial charge in [0.25, 0.3) is 0 Å². The molecule has 7 heteroatoms. The van der Waals surface area contributed by atoms with Gasteiger partial charge >= 0.3 is 0 Å². The van der Waals surface area contributed by atoms with Crippen molar-refractivity contribution in [3.63, 3.8) is 0 Å². The van der Waals surface area contributed by atoms with Crippen LogP contribution in [0.3, 0.4) is 0 Å². The summed E-state index contributed by atoms with van der Waals surface area (Å²) >= 11 is 6.09. The minimum atomic E-state index is -0.957. The van der Waals surface area contributed by atoms with Crippen LogP contribution in [-0.2, 0) is 21.8 Å². The van der Waals surface area contributed by atoms with Gasteiger partial charge in [0.05, 0.1) is 19.5 Å². The quantitative estimate of drug-likeness (QED) is 0.321. The Balaban J connectivity index is 1.27. The topological polar surface area (TPSA) is 62.6 Å². The van der Waals surface area contributed by atoms with Crippen LogP contribution in [0.5, 0.6) is 5.75 Å². The highest BCUT2D eigenvalue weighted by molar-refractivity contribution is 6.30. The second-order valence-corrected chi connectivity index (χ2v) is 8.52. The van der Waals surface area contributed by atoms with Crippen LogP contribution in [-0.4, -0.2) is 35.2 Å². The Hall–Kier alpha value is -3.45. The molecule has 1 aliphatic rings. The fourth-order valence-corrected chi connectivity index (χ4v) is 4.21. The smallest absolute Gasteiger partial charge is 0.214 e. The first-order chi connectivity index (χ1) is 16.6. The van der Waals surface area contributed by atoms with Crippen molar-refractivity contribution >= 4 is 17.9 Å². The van der Waals surface area contributed by atoms with Crippen molar-refractivity contribution in [1.29, 1.82) is 0 Å². The third-order valence-electron chi connectivity index (χ3n) is 5.78. The summed E-state index contributed by atoms with van der Waals surface area (Å²) < 4.78 is 20.6. The van der Waals surface area contributed by atoms with Crippen LogP contribution in [0.4, 0.5) is 0 Å². The first-order valence-corrected chi connectivity index (χ1v) is 11.3. The maximum atomic E-state index is 11.3. The molecule has 2 unspecified atom stereocenters. The Kier molecular flexibility index (Phi) is 6.45. The van der Waals surface area contributed by atoms with Crippen molar-refractivity contribution in [2.45, 2.75) is 18.4 Å². The lowest BCUT2D eigenvalue weighted by Crippen LogP contribution is -2.34. The number of aldehydes is 1. The van der Waals surface area contributed by atoms with Crippen molar-refractivity contribution < 1.29 is 19.0 Å². The third kappa shape index (κ3) is 4.75. The number of carbonyl (C=O) groups is 1. The molecule has 1 aromatic heterocycles. The molecule has 2 atom stereocenters. The molecule has 3 aromatic carbocycles. The Bertz CT molecular complexity index is 1240. The predicted molar refractivity (Wildman–Crippen MR) is 129 cm³/mol. The van der Waals surface area contributed by atoms with Gasteiger partial charge in [0, 0.05) is 28.5 Å². The molecule has 1 aliphatic heterocycles. The summed E-state index contributed by atoms with van der Waals surface area (Å²) in [6, 6.07) is 22.7. The summed E-state index contributed by atoms with van der Waals surface area (Å²) in [5.74, 6) is -0.239. The molecule has 0 saturated carbocycles. The number of hydrogen-bond acceptors (Lipinski definition) is 5. The second kappa shape index (κ2) is 9.81. The lowest BCUT2D eigenvalue weighted by atomic mass is 10.0. The zero-order valence-corrected chi connectivity index (χ0v) is 19.1. The van der Waals surface area contributed by atoms with Crippen LogP contribution in [0.1, 0.15) is 15.9 Å². The minimum Gasteiger partial charge on any atom is -0.491 e. The number of halogens is 1. The maximum Gasteiger partial charge on any atom is 0.214 e. The van der Waals surface area contributed by atoms with E-state index in [1.165, 1.54) is 0 Å². The summed E-state index contributed by atoms with van der Waals surface area (Å²) in [5.41, 5.74) is 3.39. The molecule has 1 fully saturated rings. The Morgan fingerprint density at radius 1 is 1.09 bits per heavy atom. The van der Waals surface area contributed by atoms with Crippen molar-refractivity contribution in [3.8, 4) is 16.9 Å². The van der Waals surface area contributed by atoms with E-state index in [4.69, 9.17) is 25.8 Å². The number of imidazole rings is 1. The average Bonchev–Trinajstić information content (AvgIpc) is 3.54. The van der Waals surface area contributed by atoms with Gasteiger partial charge in [0.15, 0.2) is 6.29 Å². The molecule has 6 nitrogen and oxygen atoms in total. The molecule has 2 heterocycles. The summed E-state index contributed by atoms with van der Waals surface area (Å²) in [4.78, 5) is 15.5. The number of ether oxygens (including phenoxy) is 3. The zero-order valence-electron chi connectivity index (χ0n) is 18.3. The van der Waals surface area contributed by atoms with E-state index in [1.54, 1.807) is 18.6 Å². The molecule has 4 aromatic rings. The van der Waals surface area contributed by atoms with Crippen molar-refractivity contribution in [1.82, 2.24) is 9.55 Å². The highest BCUT2D eigenvalue weighted by atomic mass is 35.5. The van der Waals surface area contributed by atoms with Crippen molar-refractivity contribution in [2.75, 3.05) is 13.2 Å². The SMILES string of the molecule is O=Cc1ccccc1-c1ccc(OCC2COC(Cn3ccnc3)(c3ccc(Cl)cc3)O2)cc1. The number of nitrogens with zero attached hydrogens (tertiary/aromatic N) is 2. The molecule has 34 heavy (non-hydrogen) atoms. The molecular weight excluding hydrogens is 452 g/mol. The number of carbonyl (C=O) groups excluding carboxylic acids is 1. The molecule has 5 rings (SSSR count). The maximum absolute atomic E-state index is 11.3. The van der Waals surface area contributed by atoms with Crippen LogP contribution in [0.25, 0.3) is 11.1 Å². The molecule has 0 N–H and O–H groups in total. The molecular formula is C27H23ClN2O4. The van der Waals surface area contributed by atoms with E-state index >= 15 is 0 Å². The van der Waals surface area contributed by atoms with Gasteiger partial charge in [-0.2, -0.15) is 0 Å². The van der Waals surface area contributed by atoms with Gasteiger partial charge in [-0.15, -0.1) is 0 Å². The fraction of sp³-hybridized carbons (Fsp3) is 0.185. The first kappa shape index (κ1) is 22.3. The summed E-state index contributed by atoms with van der Waals surface area (Å²) in [6.07, 6.45) is 5.95. The Morgan fingerprint density at radius 2 is 1.88 bits per heavy atom. The van der Waals surface area contributed by atoms with E-state index in [2.05, 4.69) is 4.98 Å². The van der Waals surface area contributed by atoms with Gasteiger partial charge in [0.2, 0.25) is 5.79 Å². The van der Waals surface area contributed by atoms with E-state index in [-0.39, 0.29) is 6.10 Å². The number of hydrogen-bond donors (Lipinski definition) is 0. The van der Waals surface area contributed by atoms with E-state index in [9.17, 15) is 4.79 Å². The third-order valence-corrected chi connectivity index (χ3v) is 6.03. The first-order valence-electron chi connectivity index (χ1n) is 11.0. The van der Waals surface area contributed by atoms with Gasteiger partial charge in [-0.1, -0.05) is 60.1 Å². The molecule has 1 saturated heterocycles. The number of aromatic nitrogens is 2. The average molecular weight is 475 g/mol. The van der Waals surface area contributed by atoms with E-state index in [0.29, 0.717) is 30.3 Å². The highest BCUT2D eigenvalue weighted by Crippen LogP contribution is 2.37. The largest absolute Gasteiger partial charge is 0.491 e. The Labute approximate surface area is 202 Å². The second-order valence-electron chi connectivity index (χ2n) is 8.09. The van der Waals surface area contributed by atoms with Crippen LogP contribution >= 0.6 is 11.6 Å². The molecule has 0 aliphatic carbocycles. The molecule has 0 amide bonds. The van der Waals surface area contributed by atoms with Crippen LogP contribution in [0.2, 0.25) is 5.02 Å². The van der Waals surface area contributed by atoms with Crippen LogP contribution in [0.15, 0.2) is 91.5 Å². The lowest BCUT2D eigenvalue weighted by Gasteiger charge is -2.29. The summed E-state index contributed by atoms with van der Waals surface area (Å²) in [7, 11) is 0. The monoisotopic (exact) mass is 474 g/mol. The Morgan fingerprint density at radius 3 is 2.62 bits per heavy atom. The van der Waals surface area contributed by atoms with Gasteiger partial charge in [-0.25, -0.2) is 4.98 Å². The van der Waals surface area contributed by atoms with Crippen molar-refractivity contribution in [3.05, 3.63) is 108 Å². The van der Waals surface area contributed by atoms with Crippen LogP contribution in [0, 0.1) is 0 Å². The summed E-state index contributed by atoms with van der Waals surface area (Å²) in [6.45, 7) is 1.18. The highest BCUT2D eigenvalue weighted by Gasteiger charge is 2.44. The van der Waals surface area contributed by atoms with Gasteiger partial charge in [-0.3, -0.25) is 4.79 Å². The standard InChI is InChI=1S/C27H23ClN2O4/c28-23-9-7-22(8-10-23)27(18-30-14-13-29-19-30)33-17-25(34-27)16-32-24-11-5-20(6-12-24)26-4-2-1-3-21(26)15-31/h1-15,19,25H,16-18H2. The molecule has 172 valence electrons. The van der Waals surface area contributed by atoms with E-state index in [0.717, 1.165) is 28.7 Å². The van der Waals surface area contributed by atoms with E-state index in [1.807, 2.05) is 77.5 Å². The normalized spacial score (nSPS) is 19.7. The predicted octanol–water partition coefficient (Wildman–Crippen LogP) is 5.36.